The van der Waals surface area contributed by atoms with Crippen LogP contribution < -0.4 is 14.2 Å². The van der Waals surface area contributed by atoms with Gasteiger partial charge in [0.25, 0.3) is 5.91 Å². The average molecular weight is 410 g/mol. The Morgan fingerprint density at radius 2 is 1.66 bits per heavy atom. The molecule has 9 nitrogen and oxygen atoms in total. The third-order valence-electron chi connectivity index (χ3n) is 4.52. The van der Waals surface area contributed by atoms with E-state index in [9.17, 15) is 14.7 Å². The molecule has 0 spiro atoms. The summed E-state index contributed by atoms with van der Waals surface area (Å²) >= 11 is 0. The fraction of sp³-hybridized carbons (Fsp3) is 0.600. The van der Waals surface area contributed by atoms with Crippen molar-refractivity contribution in [3.63, 3.8) is 0 Å². The highest BCUT2D eigenvalue weighted by atomic mass is 16.6. The van der Waals surface area contributed by atoms with Crippen LogP contribution in [0.3, 0.4) is 0 Å². The predicted molar refractivity (Wildman–Crippen MR) is 106 cm³/mol. The molecule has 1 heterocycles. The Kier molecular flexibility index (Phi) is 7.18. The molecule has 1 saturated heterocycles. The van der Waals surface area contributed by atoms with E-state index in [1.54, 1.807) is 37.8 Å². The van der Waals surface area contributed by atoms with Crippen LogP contribution in [0.2, 0.25) is 0 Å². The van der Waals surface area contributed by atoms with Crippen LogP contribution in [0.1, 0.15) is 31.1 Å². The SMILES string of the molecule is COc1cc(C(=O)N2CCN(C(=O)OC(C)(C)C)C(CO)C2)cc(OC)c1OC. The Morgan fingerprint density at radius 3 is 2.10 bits per heavy atom. The standard InChI is InChI=1S/C20H30N2O7/c1-20(2,3)29-19(25)22-8-7-21(11-14(22)12-23)18(24)13-9-15(26-4)17(28-6)16(10-13)27-5/h9-10,14,23H,7-8,11-12H2,1-6H3. The Balaban J connectivity index is 2.20. The lowest BCUT2D eigenvalue weighted by molar-refractivity contribution is -0.00985. The lowest BCUT2D eigenvalue weighted by Gasteiger charge is -2.41. The molecule has 0 aliphatic carbocycles. The summed E-state index contributed by atoms with van der Waals surface area (Å²) < 4.78 is 21.3. The predicted octanol–water partition coefficient (Wildman–Crippen LogP) is 1.77. The number of amides is 2. The normalized spacial score (nSPS) is 17.0. The number of methoxy groups -OCH3 is 3. The number of carbonyl (C=O) groups excluding carboxylic acids is 2. The average Bonchev–Trinajstić information content (AvgIpc) is 2.70. The zero-order valence-corrected chi connectivity index (χ0v) is 17.9. The minimum atomic E-state index is -0.639. The summed E-state index contributed by atoms with van der Waals surface area (Å²) in [5.41, 5.74) is -0.276. The van der Waals surface area contributed by atoms with E-state index in [1.807, 2.05) is 0 Å². The first-order valence-electron chi connectivity index (χ1n) is 9.35. The van der Waals surface area contributed by atoms with Crippen molar-refractivity contribution in [2.24, 2.45) is 0 Å². The van der Waals surface area contributed by atoms with Crippen molar-refractivity contribution in [3.05, 3.63) is 17.7 Å². The third-order valence-corrected chi connectivity index (χ3v) is 4.52. The molecule has 0 saturated carbocycles. The molecule has 1 aromatic carbocycles. The van der Waals surface area contributed by atoms with Gasteiger partial charge < -0.3 is 29.0 Å². The summed E-state index contributed by atoms with van der Waals surface area (Å²) in [6.07, 6.45) is -0.503. The van der Waals surface area contributed by atoms with Crippen molar-refractivity contribution < 1.29 is 33.6 Å². The molecule has 1 fully saturated rings. The smallest absolute Gasteiger partial charge is 0.410 e. The molecule has 2 rings (SSSR count). The van der Waals surface area contributed by atoms with Gasteiger partial charge in [0.15, 0.2) is 11.5 Å². The number of aliphatic hydroxyl groups is 1. The summed E-state index contributed by atoms with van der Waals surface area (Å²) in [6, 6.07) is 2.61. The van der Waals surface area contributed by atoms with E-state index >= 15 is 0 Å². The van der Waals surface area contributed by atoms with Crippen LogP contribution in [0.15, 0.2) is 12.1 Å². The quantitative estimate of drug-likeness (QED) is 0.790. The Hall–Kier alpha value is -2.68. The Bertz CT molecular complexity index is 720. The molecule has 2 amide bonds. The van der Waals surface area contributed by atoms with Crippen molar-refractivity contribution >= 4 is 12.0 Å². The third kappa shape index (κ3) is 5.23. The van der Waals surface area contributed by atoms with Gasteiger partial charge in [-0.25, -0.2) is 4.79 Å². The second kappa shape index (κ2) is 9.21. The Labute approximate surface area is 171 Å². The van der Waals surface area contributed by atoms with E-state index < -0.39 is 17.7 Å². The Morgan fingerprint density at radius 1 is 1.07 bits per heavy atom. The number of aliphatic hydroxyl groups excluding tert-OH is 1. The van der Waals surface area contributed by atoms with Gasteiger partial charge in [-0.2, -0.15) is 0 Å². The molecule has 1 atom stereocenters. The molecule has 1 unspecified atom stereocenters. The van der Waals surface area contributed by atoms with Gasteiger partial charge in [-0.3, -0.25) is 9.69 Å². The van der Waals surface area contributed by atoms with Crippen LogP contribution in [-0.4, -0.2) is 86.1 Å². The van der Waals surface area contributed by atoms with Crippen LogP contribution >= 0.6 is 0 Å². The molecule has 0 radical (unpaired) electrons. The van der Waals surface area contributed by atoms with Crippen molar-refractivity contribution in [3.8, 4) is 17.2 Å². The zero-order chi connectivity index (χ0) is 21.8. The van der Waals surface area contributed by atoms with E-state index in [1.165, 1.54) is 26.2 Å². The highest BCUT2D eigenvalue weighted by Gasteiger charge is 2.35. The molecular weight excluding hydrogens is 380 g/mol. The van der Waals surface area contributed by atoms with Gasteiger partial charge >= 0.3 is 6.09 Å². The first kappa shape index (κ1) is 22.6. The van der Waals surface area contributed by atoms with Crippen molar-refractivity contribution in [1.82, 2.24) is 9.80 Å². The lowest BCUT2D eigenvalue weighted by Crippen LogP contribution is -2.58. The number of rotatable bonds is 5. The number of hydrogen-bond acceptors (Lipinski definition) is 7. The number of nitrogens with zero attached hydrogens (tertiary/aromatic N) is 2. The first-order valence-corrected chi connectivity index (χ1v) is 9.35. The molecule has 162 valence electrons. The maximum atomic E-state index is 13.1. The van der Waals surface area contributed by atoms with Gasteiger partial charge in [-0.1, -0.05) is 0 Å². The van der Waals surface area contributed by atoms with E-state index in [-0.39, 0.29) is 25.6 Å². The summed E-state index contributed by atoms with van der Waals surface area (Å²) in [5, 5.41) is 9.77. The zero-order valence-electron chi connectivity index (χ0n) is 17.9. The summed E-state index contributed by atoms with van der Waals surface area (Å²) in [4.78, 5) is 28.5. The van der Waals surface area contributed by atoms with E-state index in [2.05, 4.69) is 0 Å². The number of benzene rings is 1. The largest absolute Gasteiger partial charge is 0.493 e. The minimum absolute atomic E-state index is 0.186. The fourth-order valence-corrected chi connectivity index (χ4v) is 3.14. The van der Waals surface area contributed by atoms with Crippen LogP contribution in [-0.2, 0) is 4.74 Å². The maximum Gasteiger partial charge on any atom is 0.410 e. The summed E-state index contributed by atoms with van der Waals surface area (Å²) in [6.45, 7) is 5.82. The molecule has 29 heavy (non-hydrogen) atoms. The van der Waals surface area contributed by atoms with Crippen LogP contribution in [0.25, 0.3) is 0 Å². The number of carbonyl (C=O) groups is 2. The molecule has 0 bridgehead atoms. The fourth-order valence-electron chi connectivity index (χ4n) is 3.14. The van der Waals surface area contributed by atoms with Gasteiger partial charge in [0.1, 0.15) is 5.60 Å². The molecular formula is C20H30N2O7. The molecule has 1 aromatic rings. The van der Waals surface area contributed by atoms with Gasteiger partial charge in [0.05, 0.1) is 34.0 Å². The van der Waals surface area contributed by atoms with Crippen LogP contribution in [0.5, 0.6) is 17.2 Å². The van der Waals surface area contributed by atoms with Gasteiger partial charge in [0, 0.05) is 25.2 Å². The minimum Gasteiger partial charge on any atom is -0.493 e. The van der Waals surface area contributed by atoms with Crippen molar-refractivity contribution in [2.45, 2.75) is 32.4 Å². The highest BCUT2D eigenvalue weighted by Crippen LogP contribution is 2.38. The van der Waals surface area contributed by atoms with Gasteiger partial charge in [0.2, 0.25) is 5.75 Å². The number of ether oxygens (including phenoxy) is 4. The van der Waals surface area contributed by atoms with E-state index in [0.29, 0.717) is 29.4 Å². The van der Waals surface area contributed by atoms with Crippen molar-refractivity contribution in [1.29, 1.82) is 0 Å². The maximum absolute atomic E-state index is 13.1. The van der Waals surface area contributed by atoms with E-state index in [4.69, 9.17) is 18.9 Å². The molecule has 1 aliphatic rings. The second-order valence-corrected chi connectivity index (χ2v) is 7.68. The number of piperazine rings is 1. The molecule has 0 aromatic heterocycles. The van der Waals surface area contributed by atoms with Gasteiger partial charge in [-0.15, -0.1) is 0 Å². The molecule has 1 aliphatic heterocycles. The van der Waals surface area contributed by atoms with Crippen LogP contribution in [0.4, 0.5) is 4.79 Å². The monoisotopic (exact) mass is 410 g/mol. The topological polar surface area (TPSA) is 97.8 Å². The van der Waals surface area contributed by atoms with Gasteiger partial charge in [-0.05, 0) is 32.9 Å². The van der Waals surface area contributed by atoms with Crippen LogP contribution in [0, 0.1) is 0 Å². The summed E-state index contributed by atoms with van der Waals surface area (Å²) in [7, 11) is 4.45. The second-order valence-electron chi connectivity index (χ2n) is 7.68. The lowest BCUT2D eigenvalue weighted by atomic mass is 10.1. The summed E-state index contributed by atoms with van der Waals surface area (Å²) in [5.74, 6) is 0.892. The first-order chi connectivity index (χ1) is 13.6. The highest BCUT2D eigenvalue weighted by molar-refractivity contribution is 5.96. The van der Waals surface area contributed by atoms with E-state index in [0.717, 1.165) is 0 Å². The molecule has 1 N–H and O–H groups in total. The number of hydrogen-bond donors (Lipinski definition) is 1. The van der Waals surface area contributed by atoms with Crippen molar-refractivity contribution in [2.75, 3.05) is 47.6 Å². The molecule has 9 heteroatoms.